The normalized spacial score (nSPS) is 24.8. The van der Waals surface area contributed by atoms with E-state index in [0.29, 0.717) is 26.4 Å². The van der Waals surface area contributed by atoms with E-state index in [9.17, 15) is 0 Å². The van der Waals surface area contributed by atoms with E-state index in [-0.39, 0.29) is 18.8 Å². The van der Waals surface area contributed by atoms with Crippen LogP contribution in [0.5, 0.6) is 0 Å². The van der Waals surface area contributed by atoms with Gasteiger partial charge in [0.25, 0.3) is 0 Å². The highest BCUT2D eigenvalue weighted by molar-refractivity contribution is 5.13. The number of ether oxygens (including phenoxy) is 3. The van der Waals surface area contributed by atoms with Gasteiger partial charge in [-0.1, -0.05) is 30.3 Å². The van der Waals surface area contributed by atoms with Crippen LogP contribution in [0.1, 0.15) is 5.56 Å². The fourth-order valence-corrected chi connectivity index (χ4v) is 1.75. The zero-order valence-corrected chi connectivity index (χ0v) is 9.75. The molecule has 2 rings (SSSR count). The van der Waals surface area contributed by atoms with Crippen molar-refractivity contribution in [1.29, 1.82) is 0 Å². The minimum absolute atomic E-state index is 0.00478. The Hall–Kier alpha value is -0.940. The maximum Gasteiger partial charge on any atom is 0.105 e. The summed E-state index contributed by atoms with van der Waals surface area (Å²) in [5, 5.41) is 8.97. The number of rotatable bonds is 5. The summed E-state index contributed by atoms with van der Waals surface area (Å²) in [5.74, 6) is 0. The highest BCUT2D eigenvalue weighted by atomic mass is 16.6. The zero-order valence-electron chi connectivity index (χ0n) is 9.75. The monoisotopic (exact) mass is 238 g/mol. The third-order valence-corrected chi connectivity index (χ3v) is 2.61. The van der Waals surface area contributed by atoms with E-state index < -0.39 is 0 Å². The minimum Gasteiger partial charge on any atom is -0.394 e. The first-order chi connectivity index (χ1) is 8.38. The largest absolute Gasteiger partial charge is 0.394 e. The van der Waals surface area contributed by atoms with Crippen molar-refractivity contribution in [2.24, 2.45) is 0 Å². The molecule has 0 aromatic heterocycles. The summed E-state index contributed by atoms with van der Waals surface area (Å²) in [4.78, 5) is 0. The Kier molecular flexibility index (Phi) is 4.94. The van der Waals surface area contributed by atoms with Crippen LogP contribution in [0.25, 0.3) is 0 Å². The van der Waals surface area contributed by atoms with Crippen molar-refractivity contribution in [2.45, 2.75) is 18.8 Å². The van der Waals surface area contributed by atoms with E-state index in [1.54, 1.807) is 0 Å². The van der Waals surface area contributed by atoms with Crippen LogP contribution < -0.4 is 0 Å². The molecule has 1 fully saturated rings. The van der Waals surface area contributed by atoms with Crippen molar-refractivity contribution in [1.82, 2.24) is 0 Å². The van der Waals surface area contributed by atoms with E-state index in [4.69, 9.17) is 19.3 Å². The molecule has 1 aliphatic rings. The van der Waals surface area contributed by atoms with Crippen LogP contribution in [0.2, 0.25) is 0 Å². The number of aliphatic hydroxyl groups is 1. The molecule has 0 amide bonds. The molecule has 1 N–H and O–H groups in total. The lowest BCUT2D eigenvalue weighted by molar-refractivity contribution is -0.168. The predicted octanol–water partition coefficient (Wildman–Crippen LogP) is 0.979. The molecule has 0 spiro atoms. The standard InChI is InChI=1S/C13H18O4/c14-6-12-8-16-10-13(17-12)9-15-7-11-4-2-1-3-5-11/h1-5,12-14H,6-10H2/t12-,13-/m1/s1. The molecule has 17 heavy (non-hydrogen) atoms. The average Bonchev–Trinajstić information content (AvgIpc) is 2.40. The molecular formula is C13H18O4. The van der Waals surface area contributed by atoms with Gasteiger partial charge in [0.2, 0.25) is 0 Å². The van der Waals surface area contributed by atoms with Crippen LogP contribution in [0, 0.1) is 0 Å². The second kappa shape index (κ2) is 6.71. The van der Waals surface area contributed by atoms with Gasteiger partial charge < -0.3 is 19.3 Å². The fraction of sp³-hybridized carbons (Fsp3) is 0.538. The smallest absolute Gasteiger partial charge is 0.105 e. The lowest BCUT2D eigenvalue weighted by atomic mass is 10.2. The molecular weight excluding hydrogens is 220 g/mol. The van der Waals surface area contributed by atoms with Crippen molar-refractivity contribution in [2.75, 3.05) is 26.4 Å². The Bertz CT molecular complexity index is 314. The minimum atomic E-state index is -0.214. The topological polar surface area (TPSA) is 47.9 Å². The van der Waals surface area contributed by atoms with Gasteiger partial charge in [-0.2, -0.15) is 0 Å². The molecule has 94 valence electrons. The summed E-state index contributed by atoms with van der Waals surface area (Å²) >= 11 is 0. The molecule has 0 saturated carbocycles. The first kappa shape index (κ1) is 12.5. The Morgan fingerprint density at radius 3 is 2.71 bits per heavy atom. The average molecular weight is 238 g/mol. The molecule has 2 atom stereocenters. The number of hydrogen-bond donors (Lipinski definition) is 1. The van der Waals surface area contributed by atoms with Gasteiger partial charge in [0.1, 0.15) is 12.2 Å². The van der Waals surface area contributed by atoms with Gasteiger partial charge in [0, 0.05) is 0 Å². The molecule has 1 aromatic carbocycles. The van der Waals surface area contributed by atoms with Crippen molar-refractivity contribution >= 4 is 0 Å². The summed E-state index contributed by atoms with van der Waals surface area (Å²) in [6, 6.07) is 10.00. The molecule has 0 radical (unpaired) electrons. The van der Waals surface area contributed by atoms with Gasteiger partial charge >= 0.3 is 0 Å². The molecule has 1 saturated heterocycles. The third kappa shape index (κ3) is 4.09. The van der Waals surface area contributed by atoms with Crippen LogP contribution in [-0.2, 0) is 20.8 Å². The van der Waals surface area contributed by atoms with Crippen molar-refractivity contribution in [3.05, 3.63) is 35.9 Å². The summed E-state index contributed by atoms with van der Waals surface area (Å²) in [7, 11) is 0. The maximum absolute atomic E-state index is 8.97. The Labute approximate surface area is 101 Å². The molecule has 0 unspecified atom stereocenters. The Morgan fingerprint density at radius 2 is 1.94 bits per heavy atom. The van der Waals surface area contributed by atoms with Crippen molar-refractivity contribution in [3.63, 3.8) is 0 Å². The van der Waals surface area contributed by atoms with Crippen LogP contribution in [0.15, 0.2) is 30.3 Å². The lowest BCUT2D eigenvalue weighted by Gasteiger charge is -2.28. The molecule has 1 aromatic rings. The summed E-state index contributed by atoms with van der Waals surface area (Å²) in [6.07, 6.45) is -0.293. The van der Waals surface area contributed by atoms with Gasteiger partial charge in [-0.3, -0.25) is 0 Å². The van der Waals surface area contributed by atoms with E-state index in [1.165, 1.54) is 0 Å². The SMILES string of the molecule is OC[C@@H]1COC[C@@H](COCc2ccccc2)O1. The molecule has 0 aliphatic carbocycles. The van der Waals surface area contributed by atoms with E-state index >= 15 is 0 Å². The predicted molar refractivity (Wildman–Crippen MR) is 62.7 cm³/mol. The number of benzene rings is 1. The van der Waals surface area contributed by atoms with Crippen molar-refractivity contribution < 1.29 is 19.3 Å². The molecule has 0 bridgehead atoms. The third-order valence-electron chi connectivity index (χ3n) is 2.61. The second-order valence-electron chi connectivity index (χ2n) is 4.10. The van der Waals surface area contributed by atoms with Crippen LogP contribution in [0.4, 0.5) is 0 Å². The molecule has 1 aliphatic heterocycles. The van der Waals surface area contributed by atoms with Gasteiger partial charge in [-0.25, -0.2) is 0 Å². The molecule has 4 nitrogen and oxygen atoms in total. The summed E-state index contributed by atoms with van der Waals surface area (Å²) in [5.41, 5.74) is 1.14. The number of hydrogen-bond acceptors (Lipinski definition) is 4. The van der Waals surface area contributed by atoms with Crippen LogP contribution in [0.3, 0.4) is 0 Å². The first-order valence-electron chi connectivity index (χ1n) is 5.84. The van der Waals surface area contributed by atoms with Crippen LogP contribution >= 0.6 is 0 Å². The number of aliphatic hydroxyl groups excluding tert-OH is 1. The summed E-state index contributed by atoms with van der Waals surface area (Å²) < 4.78 is 16.5. The Balaban J connectivity index is 1.68. The van der Waals surface area contributed by atoms with Gasteiger partial charge in [-0.05, 0) is 5.56 Å². The fourth-order valence-electron chi connectivity index (χ4n) is 1.75. The second-order valence-corrected chi connectivity index (χ2v) is 4.10. The van der Waals surface area contributed by atoms with Crippen LogP contribution in [-0.4, -0.2) is 43.7 Å². The zero-order chi connectivity index (χ0) is 11.9. The van der Waals surface area contributed by atoms with Crippen molar-refractivity contribution in [3.8, 4) is 0 Å². The van der Waals surface area contributed by atoms with Gasteiger partial charge in [0.05, 0.1) is 33.0 Å². The quantitative estimate of drug-likeness (QED) is 0.830. The van der Waals surface area contributed by atoms with E-state index in [1.807, 2.05) is 30.3 Å². The Morgan fingerprint density at radius 1 is 1.18 bits per heavy atom. The highest BCUT2D eigenvalue weighted by Gasteiger charge is 2.22. The first-order valence-corrected chi connectivity index (χ1v) is 5.84. The van der Waals surface area contributed by atoms with E-state index in [2.05, 4.69) is 0 Å². The summed E-state index contributed by atoms with van der Waals surface area (Å²) in [6.45, 7) is 2.06. The molecule has 1 heterocycles. The van der Waals surface area contributed by atoms with E-state index in [0.717, 1.165) is 5.56 Å². The highest BCUT2D eigenvalue weighted by Crippen LogP contribution is 2.09. The lowest BCUT2D eigenvalue weighted by Crippen LogP contribution is -2.40. The molecule has 4 heteroatoms. The maximum atomic E-state index is 8.97. The van der Waals surface area contributed by atoms with Gasteiger partial charge in [-0.15, -0.1) is 0 Å². The van der Waals surface area contributed by atoms with Gasteiger partial charge in [0.15, 0.2) is 0 Å².